The molecular weight excluding hydrogens is 220 g/mol. The first-order chi connectivity index (χ1) is 8.86. The number of hydrogen-bond acceptors (Lipinski definition) is 2. The van der Waals surface area contributed by atoms with Crippen LogP contribution in [0.15, 0.2) is 30.3 Å². The summed E-state index contributed by atoms with van der Waals surface area (Å²) in [6.07, 6.45) is 7.47. The van der Waals surface area contributed by atoms with Crippen molar-refractivity contribution in [1.82, 2.24) is 10.2 Å². The van der Waals surface area contributed by atoms with E-state index in [-0.39, 0.29) is 0 Å². The second-order valence-electron chi connectivity index (χ2n) is 4.84. The highest BCUT2D eigenvalue weighted by atomic mass is 15.2. The van der Waals surface area contributed by atoms with Crippen molar-refractivity contribution in [3.05, 3.63) is 35.9 Å². The van der Waals surface area contributed by atoms with Crippen molar-refractivity contribution >= 4 is 0 Å². The number of rotatable bonds is 4. The molecule has 1 aliphatic heterocycles. The molecule has 2 atom stereocenters. The Bertz CT molecular complexity index is 393. The van der Waals surface area contributed by atoms with Gasteiger partial charge in [-0.15, -0.1) is 12.3 Å². The van der Waals surface area contributed by atoms with Crippen molar-refractivity contribution in [1.29, 1.82) is 0 Å². The topological polar surface area (TPSA) is 15.3 Å². The van der Waals surface area contributed by atoms with E-state index in [1.807, 2.05) is 0 Å². The van der Waals surface area contributed by atoms with Gasteiger partial charge in [-0.05, 0) is 12.0 Å². The summed E-state index contributed by atoms with van der Waals surface area (Å²) in [4.78, 5) is 2.58. The molecule has 2 heteroatoms. The van der Waals surface area contributed by atoms with Crippen LogP contribution in [0, 0.1) is 12.3 Å². The summed E-state index contributed by atoms with van der Waals surface area (Å²) < 4.78 is 0. The largest absolute Gasteiger partial charge is 0.314 e. The summed E-state index contributed by atoms with van der Waals surface area (Å²) in [6, 6.07) is 11.7. The lowest BCUT2D eigenvalue weighted by atomic mass is 9.99. The van der Waals surface area contributed by atoms with Crippen LogP contribution in [-0.4, -0.2) is 30.6 Å². The Labute approximate surface area is 110 Å². The Morgan fingerprint density at radius 2 is 2.22 bits per heavy atom. The highest BCUT2D eigenvalue weighted by Gasteiger charge is 2.28. The average molecular weight is 242 g/mol. The molecule has 18 heavy (non-hydrogen) atoms. The minimum atomic E-state index is 0.457. The van der Waals surface area contributed by atoms with E-state index in [0.717, 1.165) is 32.5 Å². The Morgan fingerprint density at radius 3 is 2.89 bits per heavy atom. The second-order valence-corrected chi connectivity index (χ2v) is 4.84. The highest BCUT2D eigenvalue weighted by Crippen LogP contribution is 2.26. The maximum atomic E-state index is 5.50. The number of benzene rings is 1. The van der Waals surface area contributed by atoms with Gasteiger partial charge in [0.2, 0.25) is 0 Å². The van der Waals surface area contributed by atoms with Gasteiger partial charge in [-0.25, -0.2) is 0 Å². The van der Waals surface area contributed by atoms with Crippen LogP contribution in [0.3, 0.4) is 0 Å². The van der Waals surface area contributed by atoms with Gasteiger partial charge >= 0.3 is 0 Å². The van der Waals surface area contributed by atoms with E-state index in [1.54, 1.807) is 0 Å². The van der Waals surface area contributed by atoms with Crippen LogP contribution in [0.2, 0.25) is 0 Å². The van der Waals surface area contributed by atoms with Crippen LogP contribution >= 0.6 is 0 Å². The van der Waals surface area contributed by atoms with Crippen molar-refractivity contribution in [3.63, 3.8) is 0 Å². The van der Waals surface area contributed by atoms with E-state index >= 15 is 0 Å². The molecule has 1 N–H and O–H groups in total. The smallest absolute Gasteiger partial charge is 0.0476 e. The zero-order chi connectivity index (χ0) is 12.8. The lowest BCUT2D eigenvalue weighted by molar-refractivity contribution is 0.105. The number of hydrogen-bond donors (Lipinski definition) is 1. The minimum absolute atomic E-state index is 0.457. The minimum Gasteiger partial charge on any atom is -0.314 e. The van der Waals surface area contributed by atoms with Gasteiger partial charge in [0.15, 0.2) is 0 Å². The fourth-order valence-electron chi connectivity index (χ4n) is 2.77. The summed E-state index contributed by atoms with van der Waals surface area (Å²) in [7, 11) is 0. The first-order valence-electron chi connectivity index (χ1n) is 6.81. The molecule has 1 aromatic carbocycles. The van der Waals surface area contributed by atoms with Gasteiger partial charge < -0.3 is 5.32 Å². The summed E-state index contributed by atoms with van der Waals surface area (Å²) in [6.45, 7) is 5.39. The Kier molecular flexibility index (Phi) is 4.81. The van der Waals surface area contributed by atoms with E-state index < -0.39 is 0 Å². The third kappa shape index (κ3) is 2.93. The van der Waals surface area contributed by atoms with Crippen LogP contribution in [0.4, 0.5) is 0 Å². The third-order valence-corrected chi connectivity index (χ3v) is 3.76. The molecule has 1 heterocycles. The van der Waals surface area contributed by atoms with Crippen molar-refractivity contribution in [3.8, 4) is 12.3 Å². The van der Waals surface area contributed by atoms with E-state index in [0.29, 0.717) is 12.1 Å². The van der Waals surface area contributed by atoms with E-state index in [1.165, 1.54) is 5.56 Å². The van der Waals surface area contributed by atoms with Crippen LogP contribution in [0.25, 0.3) is 0 Å². The molecule has 0 saturated carbocycles. The molecule has 96 valence electrons. The lowest BCUT2D eigenvalue weighted by Crippen LogP contribution is -2.50. The average Bonchev–Trinajstić information content (AvgIpc) is 2.46. The first-order valence-corrected chi connectivity index (χ1v) is 6.81. The van der Waals surface area contributed by atoms with Crippen LogP contribution in [0.1, 0.15) is 31.4 Å². The van der Waals surface area contributed by atoms with Gasteiger partial charge in [-0.2, -0.15) is 0 Å². The van der Waals surface area contributed by atoms with Crippen molar-refractivity contribution in [2.75, 3.05) is 19.6 Å². The predicted molar refractivity (Wildman–Crippen MR) is 76.3 cm³/mol. The Balaban J connectivity index is 2.18. The molecule has 2 nitrogen and oxygen atoms in total. The van der Waals surface area contributed by atoms with Crippen molar-refractivity contribution in [2.24, 2.45) is 0 Å². The number of nitrogens with one attached hydrogen (secondary N) is 1. The van der Waals surface area contributed by atoms with Gasteiger partial charge in [0, 0.05) is 38.1 Å². The molecule has 0 spiro atoms. The molecule has 1 fully saturated rings. The molecular formula is C16H22N2. The van der Waals surface area contributed by atoms with E-state index in [9.17, 15) is 0 Å². The molecule has 0 bridgehead atoms. The molecule has 0 aromatic heterocycles. The normalized spacial score (nSPS) is 22.3. The summed E-state index contributed by atoms with van der Waals surface area (Å²) in [5, 5.41) is 3.49. The molecule has 1 aliphatic rings. The Morgan fingerprint density at radius 1 is 1.44 bits per heavy atom. The van der Waals surface area contributed by atoms with Crippen molar-refractivity contribution in [2.45, 2.75) is 31.8 Å². The molecule has 0 aliphatic carbocycles. The molecule has 2 rings (SSSR count). The van der Waals surface area contributed by atoms with Gasteiger partial charge in [-0.1, -0.05) is 37.3 Å². The maximum Gasteiger partial charge on any atom is 0.0476 e. The van der Waals surface area contributed by atoms with Crippen molar-refractivity contribution < 1.29 is 0 Å². The van der Waals surface area contributed by atoms with Gasteiger partial charge in [0.1, 0.15) is 0 Å². The zero-order valence-corrected chi connectivity index (χ0v) is 11.1. The van der Waals surface area contributed by atoms with Crippen LogP contribution < -0.4 is 5.32 Å². The lowest BCUT2D eigenvalue weighted by Gasteiger charge is -2.41. The quantitative estimate of drug-likeness (QED) is 0.816. The molecule has 2 unspecified atom stereocenters. The van der Waals surface area contributed by atoms with Crippen LogP contribution in [0.5, 0.6) is 0 Å². The van der Waals surface area contributed by atoms with E-state index in [2.05, 4.69) is 53.4 Å². The number of piperazine rings is 1. The second kappa shape index (κ2) is 6.58. The Hall–Kier alpha value is -1.30. The molecule has 0 amide bonds. The summed E-state index contributed by atoms with van der Waals surface area (Å²) in [5.74, 6) is 2.83. The fourth-order valence-corrected chi connectivity index (χ4v) is 2.77. The SMILES string of the molecule is C#CCC(CC)N1CCNCC1c1ccccc1. The number of terminal acetylenes is 1. The fraction of sp³-hybridized carbons (Fsp3) is 0.500. The highest BCUT2D eigenvalue weighted by molar-refractivity contribution is 5.20. The van der Waals surface area contributed by atoms with Gasteiger partial charge in [0.25, 0.3) is 0 Å². The van der Waals surface area contributed by atoms with Crippen LogP contribution in [-0.2, 0) is 0 Å². The molecule has 1 saturated heterocycles. The number of nitrogens with zero attached hydrogens (tertiary/aromatic N) is 1. The third-order valence-electron chi connectivity index (χ3n) is 3.76. The maximum absolute atomic E-state index is 5.50. The molecule has 1 aromatic rings. The standard InChI is InChI=1S/C16H22N2/c1-3-8-15(4-2)18-12-11-17-13-16(18)14-9-6-5-7-10-14/h1,5-7,9-10,15-17H,4,8,11-13H2,2H3. The van der Waals surface area contributed by atoms with E-state index in [4.69, 9.17) is 6.42 Å². The summed E-state index contributed by atoms with van der Waals surface area (Å²) in [5.41, 5.74) is 1.39. The molecule has 0 radical (unpaired) electrons. The first kappa shape index (κ1) is 13.1. The summed E-state index contributed by atoms with van der Waals surface area (Å²) >= 11 is 0. The van der Waals surface area contributed by atoms with Gasteiger partial charge in [-0.3, -0.25) is 4.90 Å². The zero-order valence-electron chi connectivity index (χ0n) is 11.1. The monoisotopic (exact) mass is 242 g/mol. The van der Waals surface area contributed by atoms with Gasteiger partial charge in [0.05, 0.1) is 0 Å². The predicted octanol–water partition coefficient (Wildman–Crippen LogP) is 2.43.